The third-order valence-electron chi connectivity index (χ3n) is 4.04. The van der Waals surface area contributed by atoms with Crippen LogP contribution in [0.15, 0.2) is 78.9 Å². The number of nitrogens with zero attached hydrogens (tertiary/aromatic N) is 1. The molecule has 0 saturated heterocycles. The highest BCUT2D eigenvalue weighted by atomic mass is 32.1. The molecule has 0 aliphatic carbocycles. The molecular weight excluding hydrogens is 418 g/mol. The molecule has 0 aliphatic heterocycles. The van der Waals surface area contributed by atoms with Crippen molar-refractivity contribution in [3.8, 4) is 11.5 Å². The van der Waals surface area contributed by atoms with Crippen LogP contribution in [0.4, 0.5) is 11.4 Å². The molecule has 8 nitrogen and oxygen atoms in total. The monoisotopic (exact) mass is 437 g/mol. The standard InChI is InChI=1S/C22H19N3O5S/c26-21(24-22(31)23-17-8-10-18(11-9-17)25(27)28)16-6-12-20(13-7-16)30-15-14-29-19-4-2-1-3-5-19/h1-13H,14-15H2,(H2,23,24,26,31). The average Bonchev–Trinajstić information content (AvgIpc) is 2.78. The van der Waals surface area contributed by atoms with E-state index < -0.39 is 10.8 Å². The van der Waals surface area contributed by atoms with Crippen molar-refractivity contribution in [2.45, 2.75) is 0 Å². The number of non-ortho nitro benzene ring substituents is 1. The largest absolute Gasteiger partial charge is 0.490 e. The number of carbonyl (C=O) groups excluding carboxylic acids is 1. The van der Waals surface area contributed by atoms with Gasteiger partial charge in [-0.3, -0.25) is 20.2 Å². The number of ether oxygens (including phenoxy) is 2. The van der Waals surface area contributed by atoms with Gasteiger partial charge in [0, 0.05) is 23.4 Å². The van der Waals surface area contributed by atoms with Gasteiger partial charge >= 0.3 is 0 Å². The fraction of sp³-hybridized carbons (Fsp3) is 0.0909. The van der Waals surface area contributed by atoms with Gasteiger partial charge in [0.25, 0.3) is 11.6 Å². The van der Waals surface area contributed by atoms with Crippen molar-refractivity contribution in [1.29, 1.82) is 0 Å². The molecule has 0 aromatic heterocycles. The first-order valence-corrected chi connectivity index (χ1v) is 9.69. The van der Waals surface area contributed by atoms with Crippen LogP contribution in [0, 0.1) is 10.1 Å². The smallest absolute Gasteiger partial charge is 0.269 e. The SMILES string of the molecule is O=C(NC(=S)Nc1ccc([N+](=O)[O-])cc1)c1ccc(OCCOc2ccccc2)cc1. The molecule has 0 aliphatic rings. The highest BCUT2D eigenvalue weighted by molar-refractivity contribution is 7.80. The quantitative estimate of drug-likeness (QED) is 0.236. The Kier molecular flexibility index (Phi) is 7.50. The van der Waals surface area contributed by atoms with E-state index in [1.54, 1.807) is 24.3 Å². The molecule has 0 atom stereocenters. The maximum absolute atomic E-state index is 12.3. The van der Waals surface area contributed by atoms with Crippen LogP contribution in [-0.2, 0) is 0 Å². The second kappa shape index (κ2) is 10.7. The maximum atomic E-state index is 12.3. The van der Waals surface area contributed by atoms with E-state index in [0.717, 1.165) is 5.75 Å². The molecule has 0 bridgehead atoms. The van der Waals surface area contributed by atoms with Gasteiger partial charge in [-0.25, -0.2) is 0 Å². The minimum absolute atomic E-state index is 0.0329. The molecule has 0 heterocycles. The van der Waals surface area contributed by atoms with Gasteiger partial charge in [-0.05, 0) is 60.7 Å². The lowest BCUT2D eigenvalue weighted by Crippen LogP contribution is -2.34. The lowest BCUT2D eigenvalue weighted by molar-refractivity contribution is -0.384. The molecule has 0 saturated carbocycles. The summed E-state index contributed by atoms with van der Waals surface area (Å²) in [5, 5.41) is 16.1. The van der Waals surface area contributed by atoms with Crippen molar-refractivity contribution in [3.63, 3.8) is 0 Å². The number of nitrogens with one attached hydrogen (secondary N) is 2. The number of nitro benzene ring substituents is 1. The van der Waals surface area contributed by atoms with Crippen molar-refractivity contribution in [2.24, 2.45) is 0 Å². The zero-order chi connectivity index (χ0) is 22.1. The van der Waals surface area contributed by atoms with E-state index in [1.165, 1.54) is 24.3 Å². The van der Waals surface area contributed by atoms with Gasteiger partial charge in [0.1, 0.15) is 24.7 Å². The average molecular weight is 437 g/mol. The zero-order valence-electron chi connectivity index (χ0n) is 16.3. The first kappa shape index (κ1) is 21.7. The van der Waals surface area contributed by atoms with E-state index in [2.05, 4.69) is 10.6 Å². The molecule has 31 heavy (non-hydrogen) atoms. The Balaban J connectivity index is 1.43. The number of nitro groups is 1. The van der Waals surface area contributed by atoms with Crippen LogP contribution < -0.4 is 20.1 Å². The van der Waals surface area contributed by atoms with Gasteiger partial charge in [0.05, 0.1) is 4.92 Å². The number of amides is 1. The Morgan fingerprint density at radius 2 is 1.45 bits per heavy atom. The first-order valence-electron chi connectivity index (χ1n) is 9.29. The number of carbonyl (C=O) groups is 1. The molecule has 1 amide bonds. The van der Waals surface area contributed by atoms with Gasteiger partial charge in [0.15, 0.2) is 5.11 Å². The van der Waals surface area contributed by atoms with Crippen molar-refractivity contribution in [2.75, 3.05) is 18.5 Å². The topological polar surface area (TPSA) is 103 Å². The molecular formula is C22H19N3O5S. The van der Waals surface area contributed by atoms with Crippen LogP contribution in [0.3, 0.4) is 0 Å². The Hall–Kier alpha value is -3.98. The third-order valence-corrected chi connectivity index (χ3v) is 4.25. The summed E-state index contributed by atoms with van der Waals surface area (Å²) in [7, 11) is 0. The summed E-state index contributed by atoms with van der Waals surface area (Å²) in [5.74, 6) is 0.995. The van der Waals surface area contributed by atoms with Crippen LogP contribution in [-0.4, -0.2) is 29.2 Å². The van der Waals surface area contributed by atoms with Crippen molar-refractivity contribution in [3.05, 3.63) is 94.5 Å². The predicted octanol–water partition coefficient (Wildman–Crippen LogP) is 4.18. The van der Waals surface area contributed by atoms with E-state index in [4.69, 9.17) is 21.7 Å². The summed E-state index contributed by atoms with van der Waals surface area (Å²) in [5.41, 5.74) is 0.896. The van der Waals surface area contributed by atoms with Crippen LogP contribution in [0.1, 0.15) is 10.4 Å². The molecule has 3 aromatic rings. The Bertz CT molecular complexity index is 1040. The molecule has 2 N–H and O–H groups in total. The van der Waals surface area contributed by atoms with E-state index in [0.29, 0.717) is 30.2 Å². The van der Waals surface area contributed by atoms with Crippen molar-refractivity contribution in [1.82, 2.24) is 5.32 Å². The molecule has 0 spiro atoms. The molecule has 3 rings (SSSR count). The van der Waals surface area contributed by atoms with E-state index in [9.17, 15) is 14.9 Å². The van der Waals surface area contributed by atoms with E-state index in [-0.39, 0.29) is 10.8 Å². The van der Waals surface area contributed by atoms with Gasteiger partial charge in [-0.1, -0.05) is 18.2 Å². The first-order chi connectivity index (χ1) is 15.0. The lowest BCUT2D eigenvalue weighted by atomic mass is 10.2. The summed E-state index contributed by atoms with van der Waals surface area (Å²) in [6.07, 6.45) is 0. The third kappa shape index (κ3) is 6.79. The summed E-state index contributed by atoms with van der Waals surface area (Å²) < 4.78 is 11.2. The number of para-hydroxylation sites is 1. The second-order valence-corrected chi connectivity index (χ2v) is 6.65. The molecule has 0 unspecified atom stereocenters. The summed E-state index contributed by atoms with van der Waals surface area (Å²) in [6.45, 7) is 0.762. The fourth-order valence-electron chi connectivity index (χ4n) is 2.54. The van der Waals surface area contributed by atoms with Gasteiger partial charge in [0.2, 0.25) is 0 Å². The van der Waals surface area contributed by atoms with Crippen LogP contribution in [0.25, 0.3) is 0 Å². The Morgan fingerprint density at radius 3 is 2.03 bits per heavy atom. The lowest BCUT2D eigenvalue weighted by Gasteiger charge is -2.10. The van der Waals surface area contributed by atoms with Crippen LogP contribution in [0.5, 0.6) is 11.5 Å². The summed E-state index contributed by atoms with van der Waals surface area (Å²) >= 11 is 5.12. The van der Waals surface area contributed by atoms with E-state index >= 15 is 0 Å². The van der Waals surface area contributed by atoms with Gasteiger partial charge in [-0.15, -0.1) is 0 Å². The summed E-state index contributed by atoms with van der Waals surface area (Å²) in [4.78, 5) is 22.5. The summed E-state index contributed by atoms with van der Waals surface area (Å²) in [6, 6.07) is 21.8. The highest BCUT2D eigenvalue weighted by Gasteiger charge is 2.09. The van der Waals surface area contributed by atoms with E-state index in [1.807, 2.05) is 30.3 Å². The number of benzene rings is 3. The molecule has 0 radical (unpaired) electrons. The number of hydrogen-bond acceptors (Lipinski definition) is 6. The Labute approximate surface area is 184 Å². The molecule has 158 valence electrons. The number of rotatable bonds is 8. The number of hydrogen-bond donors (Lipinski definition) is 2. The van der Waals surface area contributed by atoms with Crippen LogP contribution >= 0.6 is 12.2 Å². The van der Waals surface area contributed by atoms with Crippen LogP contribution in [0.2, 0.25) is 0 Å². The minimum Gasteiger partial charge on any atom is -0.490 e. The Morgan fingerprint density at radius 1 is 0.871 bits per heavy atom. The second-order valence-electron chi connectivity index (χ2n) is 6.25. The molecule has 3 aromatic carbocycles. The van der Waals surface area contributed by atoms with Crippen molar-refractivity contribution < 1.29 is 19.2 Å². The number of thiocarbonyl (C=S) groups is 1. The highest BCUT2D eigenvalue weighted by Crippen LogP contribution is 2.16. The maximum Gasteiger partial charge on any atom is 0.269 e. The van der Waals surface area contributed by atoms with Crippen molar-refractivity contribution >= 4 is 34.6 Å². The minimum atomic E-state index is -0.492. The fourth-order valence-corrected chi connectivity index (χ4v) is 2.75. The number of anilines is 1. The normalized spacial score (nSPS) is 10.1. The zero-order valence-corrected chi connectivity index (χ0v) is 17.1. The predicted molar refractivity (Wildman–Crippen MR) is 121 cm³/mol. The van der Waals surface area contributed by atoms with Gasteiger partial charge in [-0.2, -0.15) is 0 Å². The molecule has 9 heteroatoms. The van der Waals surface area contributed by atoms with Gasteiger partial charge < -0.3 is 14.8 Å². The molecule has 0 fully saturated rings.